The van der Waals surface area contributed by atoms with Crippen LogP contribution in [0.1, 0.15) is 38.2 Å². The van der Waals surface area contributed by atoms with Crippen molar-refractivity contribution >= 4 is 18.3 Å². The van der Waals surface area contributed by atoms with Gasteiger partial charge in [0.1, 0.15) is 5.75 Å². The number of rotatable bonds is 6. The maximum atomic E-state index is 12.1. The molecule has 118 valence electrons. The molecule has 0 radical (unpaired) electrons. The number of hydrogen-bond donors (Lipinski definition) is 2. The average Bonchev–Trinajstić information content (AvgIpc) is 2.90. The van der Waals surface area contributed by atoms with Gasteiger partial charge in [-0.05, 0) is 37.5 Å². The van der Waals surface area contributed by atoms with E-state index in [-0.39, 0.29) is 23.9 Å². The summed E-state index contributed by atoms with van der Waals surface area (Å²) in [5, 5.41) is 3.14. The third kappa shape index (κ3) is 4.90. The zero-order valence-corrected chi connectivity index (χ0v) is 13.4. The summed E-state index contributed by atoms with van der Waals surface area (Å²) in [6.07, 6.45) is 4.70. The Labute approximate surface area is 132 Å². The molecule has 0 bridgehead atoms. The van der Waals surface area contributed by atoms with Crippen LogP contribution in [0.2, 0.25) is 0 Å². The summed E-state index contributed by atoms with van der Waals surface area (Å²) in [6.45, 7) is 3.14. The predicted molar refractivity (Wildman–Crippen MR) is 87.0 cm³/mol. The molecule has 1 aliphatic carbocycles. The highest BCUT2D eigenvalue weighted by atomic mass is 35.5. The molecule has 3 N–H and O–H groups in total. The first-order valence-corrected chi connectivity index (χ1v) is 7.40. The summed E-state index contributed by atoms with van der Waals surface area (Å²) < 4.78 is 5.39. The minimum Gasteiger partial charge on any atom is -0.494 e. The fourth-order valence-corrected chi connectivity index (χ4v) is 2.83. The molecular weight excluding hydrogens is 288 g/mol. The lowest BCUT2D eigenvalue weighted by Crippen LogP contribution is -2.52. The summed E-state index contributed by atoms with van der Waals surface area (Å²) in [5.41, 5.74) is 6.66. The van der Waals surface area contributed by atoms with Crippen molar-refractivity contribution in [1.82, 2.24) is 5.32 Å². The number of halogens is 1. The summed E-state index contributed by atoms with van der Waals surface area (Å²) >= 11 is 0. The number of nitrogens with two attached hydrogens (primary N) is 1. The molecule has 2 rings (SSSR count). The first kappa shape index (κ1) is 17.8. The van der Waals surface area contributed by atoms with Gasteiger partial charge in [-0.15, -0.1) is 12.4 Å². The van der Waals surface area contributed by atoms with Crippen LogP contribution in [0.15, 0.2) is 24.3 Å². The van der Waals surface area contributed by atoms with Crippen molar-refractivity contribution in [2.75, 3.05) is 13.2 Å². The molecule has 0 aliphatic heterocycles. The van der Waals surface area contributed by atoms with E-state index in [1.807, 2.05) is 31.2 Å². The SMILES string of the molecule is CCOc1ccc(CC(=O)NC2(CN)CCCC2)cc1.Cl. The lowest BCUT2D eigenvalue weighted by atomic mass is 9.97. The van der Waals surface area contributed by atoms with Crippen LogP contribution in [0, 0.1) is 0 Å². The minimum atomic E-state index is -0.164. The van der Waals surface area contributed by atoms with Gasteiger partial charge >= 0.3 is 0 Å². The third-order valence-corrected chi connectivity index (χ3v) is 3.96. The number of amides is 1. The molecule has 0 unspecified atom stereocenters. The van der Waals surface area contributed by atoms with Crippen LogP contribution in [0.3, 0.4) is 0 Å². The van der Waals surface area contributed by atoms with Crippen molar-refractivity contribution in [3.05, 3.63) is 29.8 Å². The van der Waals surface area contributed by atoms with Gasteiger partial charge in [0.2, 0.25) is 5.91 Å². The predicted octanol–water partition coefficient (Wildman–Crippen LogP) is 2.44. The minimum absolute atomic E-state index is 0. The van der Waals surface area contributed by atoms with Gasteiger partial charge in [-0.25, -0.2) is 0 Å². The van der Waals surface area contributed by atoms with Crippen LogP contribution in [0.4, 0.5) is 0 Å². The van der Waals surface area contributed by atoms with E-state index >= 15 is 0 Å². The van der Waals surface area contributed by atoms with Gasteiger partial charge in [0.05, 0.1) is 18.6 Å². The standard InChI is InChI=1S/C16H24N2O2.ClH/c1-2-20-14-7-5-13(6-8-14)11-15(19)18-16(12-17)9-3-4-10-16;/h5-8H,2-4,9-12,17H2,1H3,(H,18,19);1H. The molecule has 0 saturated heterocycles. The molecule has 5 heteroatoms. The van der Waals surface area contributed by atoms with E-state index in [0.29, 0.717) is 19.6 Å². The molecule has 1 aromatic rings. The Hall–Kier alpha value is -1.26. The number of nitrogens with one attached hydrogen (secondary N) is 1. The maximum Gasteiger partial charge on any atom is 0.224 e. The van der Waals surface area contributed by atoms with Crippen molar-refractivity contribution in [1.29, 1.82) is 0 Å². The Bertz CT molecular complexity index is 442. The van der Waals surface area contributed by atoms with Crippen molar-refractivity contribution in [3.8, 4) is 5.75 Å². The highest BCUT2D eigenvalue weighted by Crippen LogP contribution is 2.28. The zero-order chi connectivity index (χ0) is 14.4. The molecule has 0 aromatic heterocycles. The van der Waals surface area contributed by atoms with E-state index in [0.717, 1.165) is 37.0 Å². The van der Waals surface area contributed by atoms with E-state index < -0.39 is 0 Å². The average molecular weight is 313 g/mol. The van der Waals surface area contributed by atoms with Crippen LogP contribution in [-0.4, -0.2) is 24.6 Å². The molecule has 1 aliphatic rings. The number of hydrogen-bond acceptors (Lipinski definition) is 3. The van der Waals surface area contributed by atoms with E-state index in [1.165, 1.54) is 0 Å². The van der Waals surface area contributed by atoms with Crippen molar-refractivity contribution in [2.24, 2.45) is 5.73 Å². The topological polar surface area (TPSA) is 64.3 Å². The first-order chi connectivity index (χ1) is 9.67. The van der Waals surface area contributed by atoms with Crippen molar-refractivity contribution < 1.29 is 9.53 Å². The van der Waals surface area contributed by atoms with Crippen molar-refractivity contribution in [3.63, 3.8) is 0 Å². The second-order valence-electron chi connectivity index (χ2n) is 5.49. The largest absolute Gasteiger partial charge is 0.494 e. The normalized spacial score (nSPS) is 16.1. The number of ether oxygens (including phenoxy) is 1. The molecule has 1 saturated carbocycles. The van der Waals surface area contributed by atoms with E-state index in [4.69, 9.17) is 10.5 Å². The molecule has 4 nitrogen and oxygen atoms in total. The quantitative estimate of drug-likeness (QED) is 0.848. The highest BCUT2D eigenvalue weighted by molar-refractivity contribution is 5.85. The fraction of sp³-hybridized carbons (Fsp3) is 0.562. The molecular formula is C16H25ClN2O2. The molecule has 0 heterocycles. The van der Waals surface area contributed by atoms with Crippen LogP contribution in [0.25, 0.3) is 0 Å². The Kier molecular flexibility index (Phi) is 6.99. The Morgan fingerprint density at radius 2 is 1.90 bits per heavy atom. The maximum absolute atomic E-state index is 12.1. The molecule has 1 fully saturated rings. The molecule has 1 amide bonds. The zero-order valence-electron chi connectivity index (χ0n) is 12.6. The fourth-order valence-electron chi connectivity index (χ4n) is 2.83. The summed E-state index contributed by atoms with van der Waals surface area (Å²) in [5.74, 6) is 0.896. The van der Waals surface area contributed by atoms with Crippen LogP contribution in [-0.2, 0) is 11.2 Å². The van der Waals surface area contributed by atoms with Gasteiger partial charge in [-0.2, -0.15) is 0 Å². The molecule has 0 spiro atoms. The second kappa shape index (κ2) is 8.25. The Morgan fingerprint density at radius 3 is 2.43 bits per heavy atom. The van der Waals surface area contributed by atoms with E-state index in [2.05, 4.69) is 5.32 Å². The summed E-state index contributed by atoms with van der Waals surface area (Å²) in [7, 11) is 0. The van der Waals surface area contributed by atoms with Gasteiger partial charge in [-0.1, -0.05) is 25.0 Å². The first-order valence-electron chi connectivity index (χ1n) is 7.40. The number of carbonyl (C=O) groups excluding carboxylic acids is 1. The highest BCUT2D eigenvalue weighted by Gasteiger charge is 2.33. The van der Waals surface area contributed by atoms with Crippen LogP contribution in [0.5, 0.6) is 5.75 Å². The van der Waals surface area contributed by atoms with E-state index in [9.17, 15) is 4.79 Å². The molecule has 0 atom stereocenters. The lowest BCUT2D eigenvalue weighted by Gasteiger charge is -2.28. The summed E-state index contributed by atoms with van der Waals surface area (Å²) in [6, 6.07) is 7.68. The summed E-state index contributed by atoms with van der Waals surface area (Å²) in [4.78, 5) is 12.1. The van der Waals surface area contributed by atoms with Crippen molar-refractivity contribution in [2.45, 2.75) is 44.6 Å². The van der Waals surface area contributed by atoms with Gasteiger partial charge in [0.15, 0.2) is 0 Å². The lowest BCUT2D eigenvalue weighted by molar-refractivity contribution is -0.122. The van der Waals surface area contributed by atoms with E-state index in [1.54, 1.807) is 0 Å². The number of carbonyl (C=O) groups is 1. The van der Waals surface area contributed by atoms with Gasteiger partial charge < -0.3 is 15.8 Å². The monoisotopic (exact) mass is 312 g/mol. The number of benzene rings is 1. The van der Waals surface area contributed by atoms with Gasteiger partial charge in [0, 0.05) is 6.54 Å². The van der Waals surface area contributed by atoms with Gasteiger partial charge in [0.25, 0.3) is 0 Å². The molecule has 1 aromatic carbocycles. The second-order valence-corrected chi connectivity index (χ2v) is 5.49. The Morgan fingerprint density at radius 1 is 1.29 bits per heavy atom. The molecule has 21 heavy (non-hydrogen) atoms. The van der Waals surface area contributed by atoms with Crippen LogP contribution < -0.4 is 15.8 Å². The van der Waals surface area contributed by atoms with Gasteiger partial charge in [-0.3, -0.25) is 4.79 Å². The Balaban J connectivity index is 0.00000220. The van der Waals surface area contributed by atoms with Crippen LogP contribution >= 0.6 is 12.4 Å². The smallest absolute Gasteiger partial charge is 0.224 e. The third-order valence-electron chi connectivity index (χ3n) is 3.96.